The Bertz CT molecular complexity index is 127. The molecule has 12 heavy (non-hydrogen) atoms. The van der Waals surface area contributed by atoms with Crippen LogP contribution in [0, 0.1) is 5.92 Å². The van der Waals surface area contributed by atoms with E-state index in [1.807, 2.05) is 0 Å². The van der Waals surface area contributed by atoms with Crippen molar-refractivity contribution in [3.05, 3.63) is 11.6 Å². The lowest BCUT2D eigenvalue weighted by atomic mass is 9.97. The third kappa shape index (κ3) is 5.36. The summed E-state index contributed by atoms with van der Waals surface area (Å²) in [5, 5.41) is 9.01. The molecule has 0 spiro atoms. The number of aliphatic hydroxyl groups is 1. The van der Waals surface area contributed by atoms with Crippen molar-refractivity contribution in [3.8, 4) is 0 Å². The largest absolute Gasteiger partial charge is 0.392 e. The van der Waals surface area contributed by atoms with Crippen LogP contribution in [0.25, 0.3) is 0 Å². The minimum atomic E-state index is 0.238. The fourth-order valence-corrected chi connectivity index (χ4v) is 1.54. The molecule has 0 aliphatic rings. The van der Waals surface area contributed by atoms with Crippen LogP contribution in [-0.4, -0.2) is 11.7 Å². The van der Waals surface area contributed by atoms with Crippen molar-refractivity contribution in [2.24, 2.45) is 5.92 Å². The molecule has 0 aromatic carbocycles. The molecular weight excluding hydrogens is 148 g/mol. The van der Waals surface area contributed by atoms with Gasteiger partial charge in [0.15, 0.2) is 0 Å². The third-order valence-corrected chi connectivity index (χ3v) is 2.09. The van der Waals surface area contributed by atoms with Crippen LogP contribution in [0.15, 0.2) is 11.6 Å². The smallest absolute Gasteiger partial charge is 0.0641 e. The Labute approximate surface area is 76.5 Å². The zero-order valence-corrected chi connectivity index (χ0v) is 8.64. The van der Waals surface area contributed by atoms with Gasteiger partial charge in [-0.2, -0.15) is 0 Å². The molecule has 1 nitrogen and oxygen atoms in total. The van der Waals surface area contributed by atoms with E-state index in [9.17, 15) is 0 Å². The summed E-state index contributed by atoms with van der Waals surface area (Å²) in [7, 11) is 0. The van der Waals surface area contributed by atoms with Crippen LogP contribution in [0.3, 0.4) is 0 Å². The van der Waals surface area contributed by atoms with Gasteiger partial charge in [-0.25, -0.2) is 0 Å². The molecule has 72 valence electrons. The second-order valence-electron chi connectivity index (χ2n) is 3.53. The van der Waals surface area contributed by atoms with Gasteiger partial charge in [-0.1, -0.05) is 39.7 Å². The fourth-order valence-electron chi connectivity index (χ4n) is 1.54. The van der Waals surface area contributed by atoms with Crippen molar-refractivity contribution in [2.45, 2.75) is 46.5 Å². The number of aliphatic hydroxyl groups excluding tert-OH is 1. The molecule has 0 fully saturated rings. The van der Waals surface area contributed by atoms with Gasteiger partial charge in [0, 0.05) is 0 Å². The summed E-state index contributed by atoms with van der Waals surface area (Å²) in [5.41, 5.74) is 1.21. The number of hydrogen-bond acceptors (Lipinski definition) is 1. The summed E-state index contributed by atoms with van der Waals surface area (Å²) in [6.45, 7) is 6.81. The summed E-state index contributed by atoms with van der Waals surface area (Å²) in [4.78, 5) is 0. The van der Waals surface area contributed by atoms with Gasteiger partial charge in [0.2, 0.25) is 0 Å². The molecule has 0 saturated heterocycles. The molecule has 0 amide bonds. The van der Waals surface area contributed by atoms with Gasteiger partial charge in [-0.3, -0.25) is 0 Å². The van der Waals surface area contributed by atoms with Crippen molar-refractivity contribution in [3.63, 3.8) is 0 Å². The Hall–Kier alpha value is -0.300. The molecule has 0 radical (unpaired) electrons. The predicted molar refractivity (Wildman–Crippen MR) is 54.1 cm³/mol. The monoisotopic (exact) mass is 170 g/mol. The average Bonchev–Trinajstić information content (AvgIpc) is 2.04. The van der Waals surface area contributed by atoms with E-state index in [1.54, 1.807) is 0 Å². The molecule has 0 aromatic rings. The highest BCUT2D eigenvalue weighted by atomic mass is 16.3. The van der Waals surface area contributed by atoms with Gasteiger partial charge >= 0.3 is 0 Å². The van der Waals surface area contributed by atoms with Crippen LogP contribution >= 0.6 is 0 Å². The zero-order valence-electron chi connectivity index (χ0n) is 8.64. The van der Waals surface area contributed by atoms with Crippen LogP contribution < -0.4 is 0 Å². The second kappa shape index (κ2) is 7.35. The molecule has 0 heterocycles. The van der Waals surface area contributed by atoms with Gasteiger partial charge in [0.05, 0.1) is 6.61 Å². The Morgan fingerprint density at radius 3 is 2.50 bits per heavy atom. The molecular formula is C11H22O. The quantitative estimate of drug-likeness (QED) is 0.607. The molecule has 1 N–H and O–H groups in total. The Balaban J connectivity index is 3.77. The molecule has 0 aliphatic heterocycles. The van der Waals surface area contributed by atoms with Crippen molar-refractivity contribution in [1.82, 2.24) is 0 Å². The Morgan fingerprint density at radius 2 is 2.08 bits per heavy atom. The van der Waals surface area contributed by atoms with E-state index < -0.39 is 0 Å². The first-order valence-corrected chi connectivity index (χ1v) is 5.03. The van der Waals surface area contributed by atoms with E-state index in [-0.39, 0.29) is 6.61 Å². The third-order valence-electron chi connectivity index (χ3n) is 2.09. The molecule has 0 saturated carbocycles. The maximum atomic E-state index is 9.01. The first-order chi connectivity index (χ1) is 5.74. The first kappa shape index (κ1) is 11.7. The summed E-state index contributed by atoms with van der Waals surface area (Å²) in [6, 6.07) is 0. The van der Waals surface area contributed by atoms with E-state index in [1.165, 1.54) is 18.4 Å². The van der Waals surface area contributed by atoms with Gasteiger partial charge in [-0.15, -0.1) is 0 Å². The standard InChI is InChI=1S/C11H22O/c1-4-6-10(3)8-11(9-12)7-5-2/h7,10,12H,4-6,8-9H2,1-3H3. The minimum absolute atomic E-state index is 0.238. The van der Waals surface area contributed by atoms with Crippen LogP contribution in [0.5, 0.6) is 0 Å². The van der Waals surface area contributed by atoms with Crippen molar-refractivity contribution in [2.75, 3.05) is 6.61 Å². The molecule has 1 atom stereocenters. The summed E-state index contributed by atoms with van der Waals surface area (Å²) in [6.07, 6.45) is 6.76. The summed E-state index contributed by atoms with van der Waals surface area (Å²) < 4.78 is 0. The number of rotatable bonds is 6. The van der Waals surface area contributed by atoms with Gasteiger partial charge in [0.25, 0.3) is 0 Å². The van der Waals surface area contributed by atoms with Crippen LogP contribution in [0.1, 0.15) is 46.5 Å². The summed E-state index contributed by atoms with van der Waals surface area (Å²) in [5.74, 6) is 0.722. The Kier molecular flexibility index (Phi) is 7.17. The highest BCUT2D eigenvalue weighted by Gasteiger charge is 2.03. The number of hydrogen-bond donors (Lipinski definition) is 1. The van der Waals surface area contributed by atoms with E-state index in [0.717, 1.165) is 18.8 Å². The van der Waals surface area contributed by atoms with Crippen molar-refractivity contribution in [1.29, 1.82) is 0 Å². The second-order valence-corrected chi connectivity index (χ2v) is 3.53. The lowest BCUT2D eigenvalue weighted by Crippen LogP contribution is -1.99. The molecule has 1 unspecified atom stereocenters. The fraction of sp³-hybridized carbons (Fsp3) is 0.818. The highest BCUT2D eigenvalue weighted by molar-refractivity contribution is 5.02. The first-order valence-electron chi connectivity index (χ1n) is 5.03. The SMILES string of the molecule is CCC=C(CO)CC(C)CCC. The molecule has 0 aliphatic carbocycles. The predicted octanol–water partition coefficient (Wildman–Crippen LogP) is 3.14. The van der Waals surface area contributed by atoms with Crippen LogP contribution in [0.4, 0.5) is 0 Å². The van der Waals surface area contributed by atoms with Crippen LogP contribution in [-0.2, 0) is 0 Å². The molecule has 0 bridgehead atoms. The Morgan fingerprint density at radius 1 is 1.42 bits per heavy atom. The summed E-state index contributed by atoms with van der Waals surface area (Å²) >= 11 is 0. The topological polar surface area (TPSA) is 20.2 Å². The van der Waals surface area contributed by atoms with E-state index in [4.69, 9.17) is 5.11 Å². The van der Waals surface area contributed by atoms with E-state index >= 15 is 0 Å². The van der Waals surface area contributed by atoms with E-state index in [0.29, 0.717) is 0 Å². The maximum absolute atomic E-state index is 9.01. The average molecular weight is 170 g/mol. The number of allylic oxidation sites excluding steroid dienone is 1. The zero-order chi connectivity index (χ0) is 9.40. The molecule has 0 rings (SSSR count). The van der Waals surface area contributed by atoms with Crippen molar-refractivity contribution < 1.29 is 5.11 Å². The van der Waals surface area contributed by atoms with Gasteiger partial charge in [-0.05, 0) is 24.3 Å². The maximum Gasteiger partial charge on any atom is 0.0641 e. The van der Waals surface area contributed by atoms with Crippen molar-refractivity contribution >= 4 is 0 Å². The minimum Gasteiger partial charge on any atom is -0.392 e. The lowest BCUT2D eigenvalue weighted by molar-refractivity contribution is 0.318. The van der Waals surface area contributed by atoms with Crippen LogP contribution in [0.2, 0.25) is 0 Å². The molecule has 0 aromatic heterocycles. The molecule has 1 heteroatoms. The van der Waals surface area contributed by atoms with Gasteiger partial charge < -0.3 is 5.11 Å². The van der Waals surface area contributed by atoms with Gasteiger partial charge in [0.1, 0.15) is 0 Å². The normalized spacial score (nSPS) is 14.8. The lowest BCUT2D eigenvalue weighted by Gasteiger charge is -2.11. The highest BCUT2D eigenvalue weighted by Crippen LogP contribution is 2.16. The van der Waals surface area contributed by atoms with E-state index in [2.05, 4.69) is 26.8 Å².